The summed E-state index contributed by atoms with van der Waals surface area (Å²) in [5, 5.41) is 3.15. The van der Waals surface area contributed by atoms with Crippen molar-refractivity contribution in [2.24, 2.45) is 5.92 Å². The number of hydrogen-bond acceptors (Lipinski definition) is 3. The van der Waals surface area contributed by atoms with Gasteiger partial charge in [0.25, 0.3) is 0 Å². The van der Waals surface area contributed by atoms with E-state index in [9.17, 15) is 4.79 Å². The first-order chi connectivity index (χ1) is 12.6. The fourth-order valence-electron chi connectivity index (χ4n) is 4.35. The molecule has 26 heavy (non-hydrogen) atoms. The van der Waals surface area contributed by atoms with Crippen LogP contribution in [0.25, 0.3) is 5.57 Å². The lowest BCUT2D eigenvalue weighted by molar-refractivity contribution is -0.116. The molecule has 4 heteroatoms. The van der Waals surface area contributed by atoms with Crippen molar-refractivity contribution in [1.29, 1.82) is 0 Å². The van der Waals surface area contributed by atoms with Gasteiger partial charge in [-0.2, -0.15) is 0 Å². The van der Waals surface area contributed by atoms with Crippen LogP contribution < -0.4 is 5.32 Å². The summed E-state index contributed by atoms with van der Waals surface area (Å²) in [6, 6.07) is 4.58. The number of hydrogen-bond donors (Lipinski definition) is 1. The van der Waals surface area contributed by atoms with Crippen LogP contribution in [0.5, 0.6) is 0 Å². The van der Waals surface area contributed by atoms with E-state index in [1.165, 1.54) is 27.8 Å². The Balaban J connectivity index is 1.72. The molecule has 1 fully saturated rings. The average molecular weight is 352 g/mol. The lowest BCUT2D eigenvalue weighted by Crippen LogP contribution is -2.23. The monoisotopic (exact) mass is 352 g/mol. The van der Waals surface area contributed by atoms with Crippen molar-refractivity contribution >= 4 is 17.2 Å². The van der Waals surface area contributed by atoms with Crippen molar-refractivity contribution in [2.45, 2.75) is 39.0 Å². The molecular weight excluding hydrogens is 324 g/mol. The number of rotatable bonds is 3. The number of carbonyl (C=O) groups excluding carboxylic acids is 1. The average Bonchev–Trinajstić information content (AvgIpc) is 2.62. The quantitative estimate of drug-likeness (QED) is 0.900. The molecule has 0 aliphatic carbocycles. The fourth-order valence-corrected chi connectivity index (χ4v) is 4.35. The third-order valence-electron chi connectivity index (χ3n) is 5.63. The molecule has 0 saturated carbocycles. The molecule has 0 atom stereocenters. The first kappa shape index (κ1) is 17.3. The van der Waals surface area contributed by atoms with Crippen molar-refractivity contribution in [2.75, 3.05) is 32.1 Å². The Morgan fingerprint density at radius 1 is 1.23 bits per heavy atom. The molecule has 3 aliphatic rings. The first-order valence-corrected chi connectivity index (χ1v) is 9.71. The van der Waals surface area contributed by atoms with Crippen LogP contribution >= 0.6 is 0 Å². The Morgan fingerprint density at radius 3 is 2.81 bits per heavy atom. The van der Waals surface area contributed by atoms with Gasteiger partial charge in [0.2, 0.25) is 5.91 Å². The highest BCUT2D eigenvalue weighted by atomic mass is 16.5. The number of ether oxygens (including phenoxy) is 1. The Morgan fingerprint density at radius 2 is 2.04 bits per heavy atom. The van der Waals surface area contributed by atoms with Gasteiger partial charge in [-0.25, -0.2) is 0 Å². The van der Waals surface area contributed by atoms with Crippen molar-refractivity contribution < 1.29 is 9.53 Å². The van der Waals surface area contributed by atoms with E-state index in [0.717, 1.165) is 51.1 Å². The van der Waals surface area contributed by atoms with Gasteiger partial charge in [-0.15, -0.1) is 0 Å². The van der Waals surface area contributed by atoms with E-state index in [4.69, 9.17) is 4.74 Å². The van der Waals surface area contributed by atoms with E-state index in [0.29, 0.717) is 12.3 Å². The standard InChI is InChI=1S/C22H28N2O2/c1-15-9-20(14-24(2)13-15)18-11-17-3-4-21(25)23-22(17)19(12-18)10-16-5-7-26-8-6-16/h9,11-12,14,16H,3-8,10,13H2,1-2H3,(H,23,25). The molecule has 1 N–H and O–H groups in total. The lowest BCUT2D eigenvalue weighted by atomic mass is 9.86. The molecule has 1 amide bonds. The summed E-state index contributed by atoms with van der Waals surface area (Å²) in [4.78, 5) is 14.2. The van der Waals surface area contributed by atoms with E-state index in [1.807, 2.05) is 0 Å². The maximum Gasteiger partial charge on any atom is 0.224 e. The van der Waals surface area contributed by atoms with Crippen LogP contribution in [0.2, 0.25) is 0 Å². The SMILES string of the molecule is CC1=CC(c2cc3c(c(CC4CCOCC4)c2)NC(=O)CC3)=CN(C)C1. The van der Waals surface area contributed by atoms with Gasteiger partial charge < -0.3 is 15.0 Å². The Hall–Kier alpha value is -2.07. The zero-order chi connectivity index (χ0) is 18.1. The maximum absolute atomic E-state index is 12.0. The molecule has 3 heterocycles. The second-order valence-electron chi connectivity index (χ2n) is 7.97. The highest BCUT2D eigenvalue weighted by Crippen LogP contribution is 2.35. The van der Waals surface area contributed by atoms with Gasteiger partial charge in [0, 0.05) is 45.1 Å². The van der Waals surface area contributed by atoms with Crippen LogP contribution in [-0.4, -0.2) is 37.6 Å². The Labute approximate surface area is 155 Å². The van der Waals surface area contributed by atoms with Gasteiger partial charge in [0.15, 0.2) is 0 Å². The maximum atomic E-state index is 12.0. The second kappa shape index (κ2) is 7.28. The normalized spacial score (nSPS) is 21.0. The summed E-state index contributed by atoms with van der Waals surface area (Å²) < 4.78 is 5.52. The second-order valence-corrected chi connectivity index (χ2v) is 7.97. The summed E-state index contributed by atoms with van der Waals surface area (Å²) in [6.07, 6.45) is 9.18. The van der Waals surface area contributed by atoms with Gasteiger partial charge in [-0.1, -0.05) is 11.6 Å². The highest BCUT2D eigenvalue weighted by molar-refractivity contribution is 5.95. The van der Waals surface area contributed by atoms with Crippen LogP contribution in [0.4, 0.5) is 5.69 Å². The molecule has 1 aromatic carbocycles. The number of anilines is 1. The van der Waals surface area contributed by atoms with Crippen LogP contribution in [-0.2, 0) is 22.4 Å². The van der Waals surface area contributed by atoms with Gasteiger partial charge in [0.1, 0.15) is 0 Å². The highest BCUT2D eigenvalue weighted by Gasteiger charge is 2.23. The molecule has 1 aromatic rings. The number of nitrogens with one attached hydrogen (secondary N) is 1. The van der Waals surface area contributed by atoms with Crippen molar-refractivity contribution in [3.8, 4) is 0 Å². The minimum Gasteiger partial charge on any atom is -0.381 e. The summed E-state index contributed by atoms with van der Waals surface area (Å²) in [5.74, 6) is 0.785. The van der Waals surface area contributed by atoms with E-state index in [1.54, 1.807) is 0 Å². The number of nitrogens with zero attached hydrogens (tertiary/aromatic N) is 1. The Bertz CT molecular complexity index is 773. The number of benzene rings is 1. The zero-order valence-electron chi connectivity index (χ0n) is 15.8. The predicted octanol–water partition coefficient (Wildman–Crippen LogP) is 3.77. The molecule has 1 saturated heterocycles. The minimum atomic E-state index is 0.144. The lowest BCUT2D eigenvalue weighted by Gasteiger charge is -2.27. The molecule has 4 rings (SSSR count). The van der Waals surface area contributed by atoms with Crippen molar-refractivity contribution in [1.82, 2.24) is 4.90 Å². The number of likely N-dealkylation sites (N-methyl/N-ethyl adjacent to an activating group) is 1. The molecule has 0 aromatic heterocycles. The molecule has 0 spiro atoms. The van der Waals surface area contributed by atoms with E-state index < -0.39 is 0 Å². The predicted molar refractivity (Wildman–Crippen MR) is 105 cm³/mol. The summed E-state index contributed by atoms with van der Waals surface area (Å²) >= 11 is 0. The van der Waals surface area contributed by atoms with E-state index in [2.05, 4.69) is 48.6 Å². The molecule has 4 nitrogen and oxygen atoms in total. The van der Waals surface area contributed by atoms with Crippen LogP contribution in [0.3, 0.4) is 0 Å². The molecular formula is C22H28N2O2. The first-order valence-electron chi connectivity index (χ1n) is 9.71. The number of amides is 1. The van der Waals surface area contributed by atoms with Crippen LogP contribution in [0.15, 0.2) is 30.0 Å². The van der Waals surface area contributed by atoms with Gasteiger partial charge in [-0.05, 0) is 72.9 Å². The Kier molecular flexibility index (Phi) is 4.86. The van der Waals surface area contributed by atoms with Crippen molar-refractivity contribution in [3.05, 3.63) is 46.7 Å². The van der Waals surface area contributed by atoms with Crippen LogP contribution in [0, 0.1) is 5.92 Å². The third-order valence-corrected chi connectivity index (χ3v) is 5.63. The van der Waals surface area contributed by atoms with Crippen molar-refractivity contribution in [3.63, 3.8) is 0 Å². The number of carbonyl (C=O) groups is 1. The fraction of sp³-hybridized carbons (Fsp3) is 0.500. The summed E-state index contributed by atoms with van der Waals surface area (Å²) in [5.41, 5.74) is 7.56. The molecule has 3 aliphatic heterocycles. The molecule has 0 bridgehead atoms. The summed E-state index contributed by atoms with van der Waals surface area (Å²) in [7, 11) is 2.12. The van der Waals surface area contributed by atoms with E-state index in [-0.39, 0.29) is 5.91 Å². The van der Waals surface area contributed by atoms with E-state index >= 15 is 0 Å². The minimum absolute atomic E-state index is 0.144. The largest absolute Gasteiger partial charge is 0.381 e. The number of allylic oxidation sites excluding steroid dienone is 2. The zero-order valence-corrected chi connectivity index (χ0v) is 15.8. The summed E-state index contributed by atoms with van der Waals surface area (Å²) in [6.45, 7) is 4.89. The van der Waals surface area contributed by atoms with Gasteiger partial charge >= 0.3 is 0 Å². The van der Waals surface area contributed by atoms with Gasteiger partial charge in [-0.3, -0.25) is 4.79 Å². The topological polar surface area (TPSA) is 41.6 Å². The molecule has 0 unspecified atom stereocenters. The number of aryl methyl sites for hydroxylation is 1. The smallest absolute Gasteiger partial charge is 0.224 e. The molecule has 138 valence electrons. The number of fused-ring (bicyclic) bond motifs is 1. The molecule has 0 radical (unpaired) electrons. The van der Waals surface area contributed by atoms with Gasteiger partial charge in [0.05, 0.1) is 0 Å². The van der Waals surface area contributed by atoms with Crippen LogP contribution in [0.1, 0.15) is 42.9 Å². The third kappa shape index (κ3) is 3.70.